The van der Waals surface area contributed by atoms with E-state index < -0.39 is 11.4 Å². The zero-order valence-electron chi connectivity index (χ0n) is 18.8. The number of ether oxygens (including phenoxy) is 2. The Morgan fingerprint density at radius 1 is 1.03 bits per heavy atom. The third-order valence-corrected chi connectivity index (χ3v) is 6.65. The summed E-state index contributed by atoms with van der Waals surface area (Å²) < 4.78 is 27.3. The molecule has 7 nitrogen and oxygen atoms in total. The van der Waals surface area contributed by atoms with Crippen molar-refractivity contribution in [1.82, 2.24) is 14.5 Å². The van der Waals surface area contributed by atoms with Crippen molar-refractivity contribution in [3.8, 4) is 17.2 Å². The molecule has 34 heavy (non-hydrogen) atoms. The highest BCUT2D eigenvalue weighted by Gasteiger charge is 2.25. The molecule has 1 aliphatic heterocycles. The van der Waals surface area contributed by atoms with Gasteiger partial charge in [0.2, 0.25) is 0 Å². The molecule has 0 atom stereocenters. The van der Waals surface area contributed by atoms with Gasteiger partial charge in [-0.15, -0.1) is 0 Å². The number of halogens is 2. The average Bonchev–Trinajstić information content (AvgIpc) is 3.35. The Kier molecular flexibility index (Phi) is 5.69. The highest BCUT2D eigenvalue weighted by molar-refractivity contribution is 6.35. The molecule has 0 aliphatic carbocycles. The van der Waals surface area contributed by atoms with E-state index in [1.54, 1.807) is 23.2 Å². The number of aromatic amines is 1. The number of aromatic nitrogens is 2. The van der Waals surface area contributed by atoms with Gasteiger partial charge in [0.25, 0.3) is 11.5 Å². The standard InChI is InChI=1S/C25H23ClFN3O4/c1-33-20-10-15-16(11-21(20)34-2)25(32)30(13-17(15)24(31)29-8-4-3-5-9-29)23-14-6-7-28-22(14)18(26)12-19(23)27/h6-7,10-13,28H,3-5,8-9H2,1-2H3. The molecule has 1 aliphatic rings. The van der Waals surface area contributed by atoms with Crippen molar-refractivity contribution in [2.75, 3.05) is 27.3 Å². The van der Waals surface area contributed by atoms with Gasteiger partial charge in [0.1, 0.15) is 5.82 Å². The van der Waals surface area contributed by atoms with Gasteiger partial charge in [0.15, 0.2) is 11.5 Å². The minimum atomic E-state index is -0.671. The Morgan fingerprint density at radius 3 is 2.38 bits per heavy atom. The molecular formula is C25H23ClFN3O4. The summed E-state index contributed by atoms with van der Waals surface area (Å²) in [6.45, 7) is 1.26. The maximum Gasteiger partial charge on any atom is 0.263 e. The van der Waals surface area contributed by atoms with Gasteiger partial charge < -0.3 is 19.4 Å². The molecular weight excluding hydrogens is 461 g/mol. The largest absolute Gasteiger partial charge is 0.493 e. The molecule has 1 N–H and O–H groups in total. The molecule has 5 rings (SSSR count). The number of fused-ring (bicyclic) bond motifs is 2. The predicted molar refractivity (Wildman–Crippen MR) is 129 cm³/mol. The first-order chi connectivity index (χ1) is 16.4. The van der Waals surface area contributed by atoms with Gasteiger partial charge in [-0.1, -0.05) is 11.6 Å². The molecule has 0 spiro atoms. The first-order valence-electron chi connectivity index (χ1n) is 11.0. The number of nitrogens with zero attached hydrogens (tertiary/aromatic N) is 2. The van der Waals surface area contributed by atoms with Gasteiger partial charge in [-0.05, 0) is 43.5 Å². The van der Waals surface area contributed by atoms with Gasteiger partial charge >= 0.3 is 0 Å². The summed E-state index contributed by atoms with van der Waals surface area (Å²) in [5.41, 5.74) is 0.321. The smallest absolute Gasteiger partial charge is 0.263 e. The van der Waals surface area contributed by atoms with Gasteiger partial charge in [-0.2, -0.15) is 0 Å². The SMILES string of the molecule is COc1cc2c(C(=O)N3CCCCC3)cn(-c3c(F)cc(Cl)c4[nH]ccc34)c(=O)c2cc1OC. The number of rotatable bonds is 4. The van der Waals surface area contributed by atoms with E-state index in [9.17, 15) is 9.59 Å². The van der Waals surface area contributed by atoms with Crippen molar-refractivity contribution < 1.29 is 18.7 Å². The van der Waals surface area contributed by atoms with Crippen LogP contribution in [0.3, 0.4) is 0 Å². The second kappa shape index (κ2) is 8.68. The Hall–Kier alpha value is -3.52. The topological polar surface area (TPSA) is 76.6 Å². The highest BCUT2D eigenvalue weighted by atomic mass is 35.5. The fraction of sp³-hybridized carbons (Fsp3) is 0.280. The van der Waals surface area contributed by atoms with E-state index in [2.05, 4.69) is 4.98 Å². The van der Waals surface area contributed by atoms with E-state index in [0.717, 1.165) is 25.3 Å². The quantitative estimate of drug-likeness (QED) is 0.447. The molecule has 2 aromatic carbocycles. The number of amides is 1. The van der Waals surface area contributed by atoms with Crippen LogP contribution >= 0.6 is 11.6 Å². The molecule has 4 aromatic rings. The molecule has 3 heterocycles. The molecule has 1 saturated heterocycles. The molecule has 0 saturated carbocycles. The number of likely N-dealkylation sites (tertiary alicyclic amines) is 1. The number of nitrogens with one attached hydrogen (secondary N) is 1. The van der Waals surface area contributed by atoms with Gasteiger partial charge in [0, 0.05) is 36.3 Å². The molecule has 0 radical (unpaired) electrons. The number of carbonyl (C=O) groups excluding carboxylic acids is 1. The Labute approximate surface area is 199 Å². The number of methoxy groups -OCH3 is 2. The number of hydrogen-bond acceptors (Lipinski definition) is 4. The lowest BCUT2D eigenvalue weighted by atomic mass is 10.0. The summed E-state index contributed by atoms with van der Waals surface area (Å²) in [7, 11) is 2.95. The third-order valence-electron chi connectivity index (χ3n) is 6.36. The van der Waals surface area contributed by atoms with Crippen LogP contribution in [0.2, 0.25) is 5.02 Å². The van der Waals surface area contributed by atoms with Crippen LogP contribution in [-0.2, 0) is 0 Å². The molecule has 0 bridgehead atoms. The second-order valence-electron chi connectivity index (χ2n) is 8.28. The van der Waals surface area contributed by atoms with Gasteiger partial charge in [0.05, 0.1) is 41.4 Å². The van der Waals surface area contributed by atoms with Crippen LogP contribution in [-0.4, -0.2) is 47.7 Å². The van der Waals surface area contributed by atoms with Crippen LogP contribution < -0.4 is 15.0 Å². The minimum Gasteiger partial charge on any atom is -0.493 e. The maximum absolute atomic E-state index is 15.3. The van der Waals surface area contributed by atoms with Crippen molar-refractivity contribution in [1.29, 1.82) is 0 Å². The number of piperidine rings is 1. The first-order valence-corrected chi connectivity index (χ1v) is 11.4. The van der Waals surface area contributed by atoms with Crippen LogP contribution in [0.4, 0.5) is 4.39 Å². The fourth-order valence-electron chi connectivity index (χ4n) is 4.66. The van der Waals surface area contributed by atoms with E-state index >= 15 is 4.39 Å². The van der Waals surface area contributed by atoms with Crippen LogP contribution in [0.1, 0.15) is 29.6 Å². The Bertz CT molecular complexity index is 1490. The summed E-state index contributed by atoms with van der Waals surface area (Å²) in [5.74, 6) is -0.157. The fourth-order valence-corrected chi connectivity index (χ4v) is 4.91. The molecule has 1 amide bonds. The number of benzene rings is 2. The zero-order valence-corrected chi connectivity index (χ0v) is 19.5. The number of carbonyl (C=O) groups is 1. The minimum absolute atomic E-state index is 0.0232. The van der Waals surface area contributed by atoms with Gasteiger partial charge in [-0.25, -0.2) is 4.39 Å². The summed E-state index contributed by atoms with van der Waals surface area (Å²) in [4.78, 5) is 32.1. The maximum atomic E-state index is 15.3. The van der Waals surface area contributed by atoms with Crippen molar-refractivity contribution >= 4 is 39.2 Å². The monoisotopic (exact) mass is 483 g/mol. The van der Waals surface area contributed by atoms with Gasteiger partial charge in [-0.3, -0.25) is 14.2 Å². The highest BCUT2D eigenvalue weighted by Crippen LogP contribution is 2.35. The average molecular weight is 484 g/mol. The third kappa shape index (κ3) is 3.49. The summed E-state index contributed by atoms with van der Waals surface area (Å²) in [6.07, 6.45) is 5.94. The van der Waals surface area contributed by atoms with E-state index in [0.29, 0.717) is 40.9 Å². The van der Waals surface area contributed by atoms with Crippen LogP contribution in [0.25, 0.3) is 27.4 Å². The molecule has 1 fully saturated rings. The summed E-state index contributed by atoms with van der Waals surface area (Å²) >= 11 is 6.20. The summed E-state index contributed by atoms with van der Waals surface area (Å²) in [6, 6.07) is 5.97. The van der Waals surface area contributed by atoms with E-state index in [-0.39, 0.29) is 27.6 Å². The van der Waals surface area contributed by atoms with Crippen LogP contribution in [0.15, 0.2) is 41.5 Å². The zero-order chi connectivity index (χ0) is 24.0. The van der Waals surface area contributed by atoms with Crippen molar-refractivity contribution in [2.24, 2.45) is 0 Å². The molecule has 176 valence electrons. The normalized spacial score (nSPS) is 14.1. The lowest BCUT2D eigenvalue weighted by Crippen LogP contribution is -2.36. The van der Waals surface area contributed by atoms with Crippen LogP contribution in [0.5, 0.6) is 11.5 Å². The number of pyridine rings is 1. The Balaban J connectivity index is 1.85. The van der Waals surface area contributed by atoms with E-state index in [1.807, 2.05) is 0 Å². The van der Waals surface area contributed by atoms with Crippen LogP contribution in [0, 0.1) is 5.82 Å². The molecule has 9 heteroatoms. The van der Waals surface area contributed by atoms with Crippen molar-refractivity contribution in [3.63, 3.8) is 0 Å². The van der Waals surface area contributed by atoms with Crippen molar-refractivity contribution in [2.45, 2.75) is 19.3 Å². The lowest BCUT2D eigenvalue weighted by molar-refractivity contribution is 0.0725. The first kappa shape index (κ1) is 22.3. The Morgan fingerprint density at radius 2 is 1.71 bits per heavy atom. The van der Waals surface area contributed by atoms with E-state index in [1.165, 1.54) is 31.0 Å². The number of hydrogen-bond donors (Lipinski definition) is 1. The second-order valence-corrected chi connectivity index (χ2v) is 8.69. The van der Waals surface area contributed by atoms with Crippen molar-refractivity contribution in [3.05, 3.63) is 63.4 Å². The molecule has 2 aromatic heterocycles. The molecule has 0 unspecified atom stereocenters. The predicted octanol–water partition coefficient (Wildman–Crippen LogP) is 4.91. The number of H-pyrrole nitrogens is 1. The van der Waals surface area contributed by atoms with E-state index in [4.69, 9.17) is 21.1 Å². The lowest BCUT2D eigenvalue weighted by Gasteiger charge is -2.27. The summed E-state index contributed by atoms with van der Waals surface area (Å²) in [5, 5.41) is 1.28.